The summed E-state index contributed by atoms with van der Waals surface area (Å²) in [7, 11) is 0. The van der Waals surface area contributed by atoms with Gasteiger partial charge in [-0.15, -0.1) is 0 Å². The molecule has 0 aliphatic heterocycles. The molecule has 0 spiro atoms. The Morgan fingerprint density at radius 1 is 0.903 bits per heavy atom. The molecule has 0 fully saturated rings. The summed E-state index contributed by atoms with van der Waals surface area (Å²) >= 11 is 0. The highest BCUT2D eigenvalue weighted by atomic mass is 16.6. The van der Waals surface area contributed by atoms with Crippen LogP contribution in [-0.4, -0.2) is 31.3 Å². The Kier molecular flexibility index (Phi) is 7.77. The number of carbonyl (C=O) groups excluding carboxylic acids is 2. The van der Waals surface area contributed by atoms with Crippen LogP contribution in [-0.2, 0) is 4.79 Å². The summed E-state index contributed by atoms with van der Waals surface area (Å²) in [4.78, 5) is 24.2. The lowest BCUT2D eigenvalue weighted by atomic mass is 10.2. The number of amides is 1. The Labute approximate surface area is 180 Å². The number of nitrogens with zero attached hydrogens (tertiary/aromatic N) is 1. The molecule has 0 unspecified atom stereocenters. The molecule has 3 aromatic rings. The van der Waals surface area contributed by atoms with Crippen LogP contribution in [0.4, 0.5) is 0 Å². The Hall–Kier alpha value is -4.13. The summed E-state index contributed by atoms with van der Waals surface area (Å²) in [6.45, 7) is 2.07. The zero-order valence-corrected chi connectivity index (χ0v) is 17.0. The molecule has 1 N–H and O–H groups in total. The van der Waals surface area contributed by atoms with E-state index in [0.29, 0.717) is 35.0 Å². The summed E-state index contributed by atoms with van der Waals surface area (Å²) in [5, 5.41) is 3.93. The molecule has 1 amide bonds. The number of nitrogens with one attached hydrogen (secondary N) is 1. The lowest BCUT2D eigenvalue weighted by Gasteiger charge is -2.11. The number of hydrazone groups is 1. The molecule has 7 heteroatoms. The highest BCUT2D eigenvalue weighted by Crippen LogP contribution is 2.29. The summed E-state index contributed by atoms with van der Waals surface area (Å²) < 4.78 is 16.4. The standard InChI is InChI=1S/C24H22N2O5/c1-2-29-22-15-18(13-14-21(22)31-24(28)19-9-5-3-6-10-19)16-25-26-23(27)17-30-20-11-7-4-8-12-20/h3-16H,2,17H2,1H3,(H,26,27). The van der Waals surface area contributed by atoms with Gasteiger partial charge in [0.2, 0.25) is 0 Å². The van der Waals surface area contributed by atoms with Crippen LogP contribution in [0.2, 0.25) is 0 Å². The predicted molar refractivity (Wildman–Crippen MR) is 117 cm³/mol. The first-order chi connectivity index (χ1) is 15.2. The van der Waals surface area contributed by atoms with Gasteiger partial charge in [0.1, 0.15) is 5.75 Å². The Bertz CT molecular complexity index is 1040. The molecule has 3 aromatic carbocycles. The summed E-state index contributed by atoms with van der Waals surface area (Å²) in [6.07, 6.45) is 1.46. The highest BCUT2D eigenvalue weighted by Gasteiger charge is 2.13. The first-order valence-electron chi connectivity index (χ1n) is 9.69. The normalized spacial score (nSPS) is 10.5. The zero-order chi connectivity index (χ0) is 21.9. The number of esters is 1. The number of benzene rings is 3. The second kappa shape index (κ2) is 11.2. The van der Waals surface area contributed by atoms with E-state index < -0.39 is 11.9 Å². The van der Waals surface area contributed by atoms with Crippen LogP contribution in [0.1, 0.15) is 22.8 Å². The minimum absolute atomic E-state index is 0.153. The molecule has 0 saturated carbocycles. The number of ether oxygens (including phenoxy) is 3. The smallest absolute Gasteiger partial charge is 0.343 e. The fourth-order valence-electron chi connectivity index (χ4n) is 2.57. The van der Waals surface area contributed by atoms with Crippen molar-refractivity contribution in [3.05, 3.63) is 90.0 Å². The molecule has 31 heavy (non-hydrogen) atoms. The summed E-state index contributed by atoms with van der Waals surface area (Å²) in [5.41, 5.74) is 3.50. The van der Waals surface area contributed by atoms with Crippen molar-refractivity contribution in [3.8, 4) is 17.2 Å². The van der Waals surface area contributed by atoms with E-state index in [0.717, 1.165) is 0 Å². The Balaban J connectivity index is 1.59. The third-order valence-electron chi connectivity index (χ3n) is 4.00. The molecule has 0 heterocycles. The monoisotopic (exact) mass is 418 g/mol. The third kappa shape index (κ3) is 6.71. The molecule has 7 nitrogen and oxygen atoms in total. The average Bonchev–Trinajstić information content (AvgIpc) is 2.80. The Morgan fingerprint density at radius 3 is 2.32 bits per heavy atom. The van der Waals surface area contributed by atoms with Gasteiger partial charge in [-0.3, -0.25) is 4.79 Å². The summed E-state index contributed by atoms with van der Waals surface area (Å²) in [6, 6.07) is 22.7. The molecule has 0 bridgehead atoms. The van der Waals surface area contributed by atoms with Crippen LogP contribution in [0, 0.1) is 0 Å². The lowest BCUT2D eigenvalue weighted by Crippen LogP contribution is -2.24. The molecule has 0 radical (unpaired) electrons. The van der Waals surface area contributed by atoms with Gasteiger partial charge in [0, 0.05) is 0 Å². The minimum Gasteiger partial charge on any atom is -0.490 e. The van der Waals surface area contributed by atoms with E-state index in [4.69, 9.17) is 14.2 Å². The van der Waals surface area contributed by atoms with E-state index >= 15 is 0 Å². The van der Waals surface area contributed by atoms with Crippen LogP contribution >= 0.6 is 0 Å². The van der Waals surface area contributed by atoms with Gasteiger partial charge in [-0.25, -0.2) is 10.2 Å². The molecule has 0 aliphatic carbocycles. The third-order valence-corrected chi connectivity index (χ3v) is 4.00. The van der Waals surface area contributed by atoms with Crippen molar-refractivity contribution in [2.24, 2.45) is 5.10 Å². The fraction of sp³-hybridized carbons (Fsp3) is 0.125. The molecule has 0 saturated heterocycles. The number of hydrogen-bond acceptors (Lipinski definition) is 6. The van der Waals surface area contributed by atoms with E-state index in [-0.39, 0.29) is 6.61 Å². The van der Waals surface area contributed by atoms with Crippen molar-refractivity contribution in [1.29, 1.82) is 0 Å². The highest BCUT2D eigenvalue weighted by molar-refractivity contribution is 5.91. The SMILES string of the molecule is CCOc1cc(C=NNC(=O)COc2ccccc2)ccc1OC(=O)c1ccccc1. The van der Waals surface area contributed by atoms with Crippen molar-refractivity contribution in [1.82, 2.24) is 5.43 Å². The molecule has 0 atom stereocenters. The second-order valence-corrected chi connectivity index (χ2v) is 6.29. The van der Waals surface area contributed by atoms with E-state index in [1.165, 1.54) is 6.21 Å². The largest absolute Gasteiger partial charge is 0.490 e. The van der Waals surface area contributed by atoms with Gasteiger partial charge in [-0.1, -0.05) is 36.4 Å². The van der Waals surface area contributed by atoms with Gasteiger partial charge >= 0.3 is 5.97 Å². The first-order valence-corrected chi connectivity index (χ1v) is 9.69. The number of hydrogen-bond donors (Lipinski definition) is 1. The maximum Gasteiger partial charge on any atom is 0.343 e. The van der Waals surface area contributed by atoms with Crippen molar-refractivity contribution < 1.29 is 23.8 Å². The van der Waals surface area contributed by atoms with Crippen LogP contribution in [0.25, 0.3) is 0 Å². The van der Waals surface area contributed by atoms with Gasteiger partial charge < -0.3 is 14.2 Å². The number of para-hydroxylation sites is 1. The molecular weight excluding hydrogens is 396 g/mol. The quantitative estimate of drug-likeness (QED) is 0.247. The van der Waals surface area contributed by atoms with Crippen LogP contribution in [0.15, 0.2) is 84.0 Å². The van der Waals surface area contributed by atoms with Gasteiger partial charge in [-0.05, 0) is 55.0 Å². The van der Waals surface area contributed by atoms with Crippen molar-refractivity contribution in [2.75, 3.05) is 13.2 Å². The lowest BCUT2D eigenvalue weighted by molar-refractivity contribution is -0.123. The fourth-order valence-corrected chi connectivity index (χ4v) is 2.57. The van der Waals surface area contributed by atoms with Gasteiger partial charge in [-0.2, -0.15) is 5.10 Å². The predicted octanol–water partition coefficient (Wildman–Crippen LogP) is 3.83. The summed E-state index contributed by atoms with van der Waals surface area (Å²) in [5.74, 6) is 0.429. The average molecular weight is 418 g/mol. The molecule has 158 valence electrons. The van der Waals surface area contributed by atoms with Crippen LogP contribution in [0.5, 0.6) is 17.2 Å². The van der Waals surface area contributed by atoms with Gasteiger partial charge in [0.15, 0.2) is 18.1 Å². The van der Waals surface area contributed by atoms with E-state index in [9.17, 15) is 9.59 Å². The Morgan fingerprint density at radius 2 is 1.61 bits per heavy atom. The van der Waals surface area contributed by atoms with Gasteiger partial charge in [0.25, 0.3) is 5.91 Å². The molecule has 3 rings (SSSR count). The molecule has 0 aromatic heterocycles. The minimum atomic E-state index is -0.478. The zero-order valence-electron chi connectivity index (χ0n) is 17.0. The van der Waals surface area contributed by atoms with Crippen molar-refractivity contribution >= 4 is 18.1 Å². The van der Waals surface area contributed by atoms with Crippen molar-refractivity contribution in [3.63, 3.8) is 0 Å². The van der Waals surface area contributed by atoms with Crippen LogP contribution in [0.3, 0.4) is 0 Å². The maximum atomic E-state index is 12.3. The topological polar surface area (TPSA) is 86.2 Å². The molecule has 0 aliphatic rings. The van der Waals surface area contributed by atoms with E-state index in [1.54, 1.807) is 54.6 Å². The van der Waals surface area contributed by atoms with E-state index in [2.05, 4.69) is 10.5 Å². The number of carbonyl (C=O) groups is 2. The second-order valence-electron chi connectivity index (χ2n) is 6.29. The number of rotatable bonds is 9. The molecular formula is C24H22N2O5. The first kappa shape index (κ1) is 21.6. The van der Waals surface area contributed by atoms with E-state index in [1.807, 2.05) is 31.2 Å². The van der Waals surface area contributed by atoms with Crippen molar-refractivity contribution in [2.45, 2.75) is 6.92 Å². The van der Waals surface area contributed by atoms with Crippen LogP contribution < -0.4 is 19.6 Å². The van der Waals surface area contributed by atoms with Gasteiger partial charge in [0.05, 0.1) is 18.4 Å². The maximum absolute atomic E-state index is 12.3.